The second kappa shape index (κ2) is 24.0. The summed E-state index contributed by atoms with van der Waals surface area (Å²) in [4.78, 5) is 22.3. The quantitative estimate of drug-likeness (QED) is 0.161. The van der Waals surface area contributed by atoms with Crippen LogP contribution < -0.4 is 16.4 Å². The molecule has 0 saturated carbocycles. The molecule has 5 heteroatoms. The minimum atomic E-state index is -0.250. The van der Waals surface area contributed by atoms with E-state index in [1.54, 1.807) is 0 Å². The van der Waals surface area contributed by atoms with Gasteiger partial charge in [-0.1, -0.05) is 110 Å². The van der Waals surface area contributed by atoms with Gasteiger partial charge in [0.2, 0.25) is 5.91 Å². The first-order chi connectivity index (χ1) is 14.7. The predicted molar refractivity (Wildman–Crippen MR) is 129 cm³/mol. The van der Waals surface area contributed by atoms with Gasteiger partial charge < -0.3 is 16.4 Å². The minimum Gasteiger partial charge on any atom is -0.370 e. The molecular formula is C25H51N3O2. The lowest BCUT2D eigenvalue weighted by Gasteiger charge is -2.07. The van der Waals surface area contributed by atoms with E-state index in [-0.39, 0.29) is 11.9 Å². The second-order valence-corrected chi connectivity index (χ2v) is 8.76. The van der Waals surface area contributed by atoms with Crippen LogP contribution in [0.5, 0.6) is 0 Å². The van der Waals surface area contributed by atoms with Crippen molar-refractivity contribution in [1.29, 1.82) is 0 Å². The van der Waals surface area contributed by atoms with Gasteiger partial charge in [-0.15, -0.1) is 0 Å². The van der Waals surface area contributed by atoms with E-state index in [2.05, 4.69) is 17.6 Å². The molecule has 0 aromatic heterocycles. The fourth-order valence-corrected chi connectivity index (χ4v) is 3.74. The molecule has 0 spiro atoms. The molecule has 0 unspecified atom stereocenters. The normalized spacial score (nSPS) is 10.8. The van der Waals surface area contributed by atoms with Crippen LogP contribution in [-0.4, -0.2) is 25.0 Å². The van der Waals surface area contributed by atoms with Crippen LogP contribution in [-0.2, 0) is 4.79 Å². The SMILES string of the molecule is CCCCCCCCCCCCCCCCCCNC(=O)NCCCCCC(N)=O. The monoisotopic (exact) mass is 425 g/mol. The number of rotatable bonds is 23. The molecule has 0 aromatic carbocycles. The van der Waals surface area contributed by atoms with Gasteiger partial charge >= 0.3 is 6.03 Å². The van der Waals surface area contributed by atoms with Crippen molar-refractivity contribution in [2.45, 2.75) is 135 Å². The Kier molecular flexibility index (Phi) is 23.0. The average molecular weight is 426 g/mol. The Morgan fingerprint density at radius 3 is 1.23 bits per heavy atom. The van der Waals surface area contributed by atoms with Gasteiger partial charge in [-0.25, -0.2) is 4.79 Å². The van der Waals surface area contributed by atoms with Crippen molar-refractivity contribution in [3.05, 3.63) is 0 Å². The number of amides is 3. The lowest BCUT2D eigenvalue weighted by atomic mass is 10.0. The lowest BCUT2D eigenvalue weighted by molar-refractivity contribution is -0.118. The Bertz CT molecular complexity index is 389. The molecule has 0 bridgehead atoms. The number of nitrogens with two attached hydrogens (primary N) is 1. The van der Waals surface area contributed by atoms with Crippen LogP contribution in [0.1, 0.15) is 135 Å². The summed E-state index contributed by atoms with van der Waals surface area (Å²) in [5.41, 5.74) is 5.09. The van der Waals surface area contributed by atoms with Crippen LogP contribution in [0.15, 0.2) is 0 Å². The highest BCUT2D eigenvalue weighted by molar-refractivity contribution is 5.74. The number of carbonyl (C=O) groups is 2. The Morgan fingerprint density at radius 1 is 0.533 bits per heavy atom. The maximum absolute atomic E-state index is 11.6. The average Bonchev–Trinajstić information content (AvgIpc) is 2.72. The molecule has 0 rings (SSSR count). The van der Waals surface area contributed by atoms with Gasteiger partial charge in [0.25, 0.3) is 0 Å². The lowest BCUT2D eigenvalue weighted by Crippen LogP contribution is -2.36. The Morgan fingerprint density at radius 2 is 0.867 bits per heavy atom. The molecule has 0 aliphatic rings. The third-order valence-corrected chi connectivity index (χ3v) is 5.70. The van der Waals surface area contributed by atoms with Gasteiger partial charge in [-0.05, 0) is 19.3 Å². The number of hydrogen-bond acceptors (Lipinski definition) is 2. The fraction of sp³-hybridized carbons (Fsp3) is 0.920. The van der Waals surface area contributed by atoms with Crippen molar-refractivity contribution < 1.29 is 9.59 Å². The molecule has 0 heterocycles. The number of nitrogens with one attached hydrogen (secondary N) is 2. The van der Waals surface area contributed by atoms with E-state index in [1.807, 2.05) is 0 Å². The molecule has 0 aliphatic carbocycles. The van der Waals surface area contributed by atoms with Crippen LogP contribution in [0.2, 0.25) is 0 Å². The summed E-state index contributed by atoms with van der Waals surface area (Å²) < 4.78 is 0. The summed E-state index contributed by atoms with van der Waals surface area (Å²) in [6, 6.07) is -0.0779. The number of carbonyl (C=O) groups excluding carboxylic acids is 2. The highest BCUT2D eigenvalue weighted by atomic mass is 16.2. The minimum absolute atomic E-state index is 0.0779. The fourth-order valence-electron chi connectivity index (χ4n) is 3.74. The summed E-state index contributed by atoms with van der Waals surface area (Å²) in [5.74, 6) is -0.250. The number of urea groups is 1. The second-order valence-electron chi connectivity index (χ2n) is 8.76. The number of hydrogen-bond donors (Lipinski definition) is 3. The Balaban J connectivity index is 3.13. The van der Waals surface area contributed by atoms with Crippen molar-refractivity contribution in [2.75, 3.05) is 13.1 Å². The molecule has 0 aromatic rings. The molecule has 0 atom stereocenters. The van der Waals surface area contributed by atoms with Crippen LogP contribution >= 0.6 is 0 Å². The zero-order valence-corrected chi connectivity index (χ0v) is 20.0. The summed E-state index contributed by atoms with van der Waals surface area (Å²) in [7, 11) is 0. The maximum Gasteiger partial charge on any atom is 0.314 e. The smallest absolute Gasteiger partial charge is 0.314 e. The van der Waals surface area contributed by atoms with E-state index in [0.717, 1.165) is 32.2 Å². The van der Waals surface area contributed by atoms with Gasteiger partial charge in [0.15, 0.2) is 0 Å². The van der Waals surface area contributed by atoms with E-state index in [9.17, 15) is 9.59 Å². The van der Waals surface area contributed by atoms with Crippen molar-refractivity contribution in [1.82, 2.24) is 10.6 Å². The molecule has 5 nitrogen and oxygen atoms in total. The van der Waals surface area contributed by atoms with E-state index in [0.29, 0.717) is 13.0 Å². The van der Waals surface area contributed by atoms with Crippen molar-refractivity contribution in [3.8, 4) is 0 Å². The van der Waals surface area contributed by atoms with Crippen LogP contribution in [0.25, 0.3) is 0 Å². The molecule has 3 amide bonds. The van der Waals surface area contributed by atoms with Gasteiger partial charge in [-0.3, -0.25) is 4.79 Å². The van der Waals surface area contributed by atoms with Crippen LogP contribution in [0.4, 0.5) is 4.79 Å². The third kappa shape index (κ3) is 24.8. The molecule has 0 radical (unpaired) electrons. The Labute approximate surface area is 186 Å². The molecule has 4 N–H and O–H groups in total. The van der Waals surface area contributed by atoms with Crippen LogP contribution in [0.3, 0.4) is 0 Å². The summed E-state index contributed by atoms with van der Waals surface area (Å²) in [5, 5.41) is 5.78. The Hall–Kier alpha value is -1.26. The first-order valence-corrected chi connectivity index (χ1v) is 13.0. The zero-order valence-electron chi connectivity index (χ0n) is 20.0. The van der Waals surface area contributed by atoms with Gasteiger partial charge in [-0.2, -0.15) is 0 Å². The predicted octanol–water partition coefficient (Wildman–Crippen LogP) is 6.59. The van der Waals surface area contributed by atoms with E-state index in [4.69, 9.17) is 5.73 Å². The first kappa shape index (κ1) is 28.7. The largest absolute Gasteiger partial charge is 0.370 e. The topological polar surface area (TPSA) is 84.2 Å². The molecular weight excluding hydrogens is 374 g/mol. The van der Waals surface area contributed by atoms with E-state index < -0.39 is 0 Å². The highest BCUT2D eigenvalue weighted by Gasteiger charge is 2.00. The highest BCUT2D eigenvalue weighted by Crippen LogP contribution is 2.13. The van der Waals surface area contributed by atoms with Gasteiger partial charge in [0.1, 0.15) is 0 Å². The molecule has 0 saturated heterocycles. The first-order valence-electron chi connectivity index (χ1n) is 13.0. The number of primary amides is 1. The molecule has 30 heavy (non-hydrogen) atoms. The molecule has 178 valence electrons. The van der Waals surface area contributed by atoms with Crippen molar-refractivity contribution >= 4 is 11.9 Å². The maximum atomic E-state index is 11.6. The van der Waals surface area contributed by atoms with Gasteiger partial charge in [0.05, 0.1) is 0 Å². The summed E-state index contributed by atoms with van der Waals surface area (Å²) >= 11 is 0. The number of unbranched alkanes of at least 4 members (excludes halogenated alkanes) is 17. The third-order valence-electron chi connectivity index (χ3n) is 5.70. The summed E-state index contributed by atoms with van der Waals surface area (Å²) in [6.07, 6.45) is 24.8. The van der Waals surface area contributed by atoms with Crippen LogP contribution in [0, 0.1) is 0 Å². The van der Waals surface area contributed by atoms with Gasteiger partial charge in [0, 0.05) is 19.5 Å². The van der Waals surface area contributed by atoms with Crippen molar-refractivity contribution in [2.24, 2.45) is 5.73 Å². The standard InChI is InChI=1S/C25H51N3O2/c1-2-3-4-5-6-7-8-9-10-11-12-13-14-15-16-19-22-27-25(30)28-23-20-17-18-21-24(26)29/h2-23H2,1H3,(H2,26,29)(H2,27,28,30). The van der Waals surface area contributed by atoms with Crippen molar-refractivity contribution in [3.63, 3.8) is 0 Å². The summed E-state index contributed by atoms with van der Waals surface area (Å²) in [6.45, 7) is 3.69. The van der Waals surface area contributed by atoms with E-state index >= 15 is 0 Å². The zero-order chi connectivity index (χ0) is 22.1. The van der Waals surface area contributed by atoms with E-state index in [1.165, 1.54) is 96.3 Å². The molecule has 0 aliphatic heterocycles. The molecule has 0 fully saturated rings.